The summed E-state index contributed by atoms with van der Waals surface area (Å²) in [4.78, 5) is 15.4. The van der Waals surface area contributed by atoms with E-state index in [0.29, 0.717) is 5.03 Å². The molecule has 0 saturated heterocycles. The van der Waals surface area contributed by atoms with Crippen LogP contribution in [0.25, 0.3) is 0 Å². The summed E-state index contributed by atoms with van der Waals surface area (Å²) in [6, 6.07) is 1.80. The van der Waals surface area contributed by atoms with E-state index in [9.17, 15) is 4.79 Å². The van der Waals surface area contributed by atoms with Crippen LogP contribution < -0.4 is 0 Å². The van der Waals surface area contributed by atoms with Crippen LogP contribution in [0.15, 0.2) is 15.6 Å². The number of methoxy groups -OCH3 is 1. The molecule has 0 aromatic heterocycles. The van der Waals surface area contributed by atoms with Crippen LogP contribution in [0, 0.1) is 11.3 Å². The maximum Gasteiger partial charge on any atom is 0.351 e. The number of rotatable bonds is 3. The SMILES string of the molecule is COC(=O)/C(C#N)=C(/N=C(\C)SC)SC. The van der Waals surface area contributed by atoms with E-state index in [1.54, 1.807) is 12.3 Å². The second kappa shape index (κ2) is 7.37. The lowest BCUT2D eigenvalue weighted by Gasteiger charge is -2.02. The van der Waals surface area contributed by atoms with Gasteiger partial charge in [-0.15, -0.1) is 23.5 Å². The predicted octanol–water partition coefficient (Wildman–Crippen LogP) is 2.04. The summed E-state index contributed by atoms with van der Waals surface area (Å²) in [6.07, 6.45) is 3.63. The number of thioether (sulfide) groups is 2. The summed E-state index contributed by atoms with van der Waals surface area (Å²) in [7, 11) is 1.24. The van der Waals surface area contributed by atoms with Gasteiger partial charge in [0.1, 0.15) is 11.1 Å². The molecule has 0 unspecified atom stereocenters. The van der Waals surface area contributed by atoms with Gasteiger partial charge >= 0.3 is 5.97 Å². The number of hydrogen-bond donors (Lipinski definition) is 0. The highest BCUT2D eigenvalue weighted by molar-refractivity contribution is 8.13. The first kappa shape index (κ1) is 14.1. The smallest absolute Gasteiger partial charge is 0.351 e. The van der Waals surface area contributed by atoms with Crippen LogP contribution in [0.2, 0.25) is 0 Å². The van der Waals surface area contributed by atoms with Crippen LogP contribution in [0.5, 0.6) is 0 Å². The van der Waals surface area contributed by atoms with Gasteiger partial charge in [-0.25, -0.2) is 9.79 Å². The summed E-state index contributed by atoms with van der Waals surface area (Å²) in [6.45, 7) is 1.81. The Bertz CT molecular complexity index is 343. The lowest BCUT2D eigenvalue weighted by Crippen LogP contribution is -2.05. The van der Waals surface area contributed by atoms with Gasteiger partial charge in [0.2, 0.25) is 0 Å². The lowest BCUT2D eigenvalue weighted by molar-refractivity contribution is -0.135. The second-order valence-electron chi connectivity index (χ2n) is 2.32. The fourth-order valence-corrected chi connectivity index (χ4v) is 1.48. The molecule has 0 atom stereocenters. The van der Waals surface area contributed by atoms with E-state index in [4.69, 9.17) is 5.26 Å². The highest BCUT2D eigenvalue weighted by Gasteiger charge is 2.15. The summed E-state index contributed by atoms with van der Waals surface area (Å²) in [5, 5.41) is 9.99. The highest BCUT2D eigenvalue weighted by atomic mass is 32.2. The van der Waals surface area contributed by atoms with Crippen molar-refractivity contribution in [1.82, 2.24) is 0 Å². The molecule has 0 spiro atoms. The molecule has 0 fully saturated rings. The molecule has 0 aliphatic carbocycles. The zero-order valence-corrected chi connectivity index (χ0v) is 10.7. The van der Waals surface area contributed by atoms with E-state index in [1.165, 1.54) is 30.6 Å². The van der Waals surface area contributed by atoms with Gasteiger partial charge in [0, 0.05) is 0 Å². The molecule has 0 aromatic carbocycles. The Kier molecular flexibility index (Phi) is 6.92. The standard InChI is InChI=1S/C9H12N2O2S2/c1-6(14-3)11-8(15-4)7(5-10)9(12)13-2/h1-4H3/b8-7-,11-6+. The van der Waals surface area contributed by atoms with E-state index in [2.05, 4.69) is 9.73 Å². The van der Waals surface area contributed by atoms with Crippen molar-refractivity contribution in [2.75, 3.05) is 19.6 Å². The Labute approximate surface area is 97.8 Å². The number of carbonyl (C=O) groups is 1. The third-order valence-corrected chi connectivity index (χ3v) is 2.83. The molecule has 0 aromatic rings. The molecule has 0 saturated carbocycles. The van der Waals surface area contributed by atoms with Gasteiger partial charge in [-0.3, -0.25) is 0 Å². The first-order valence-electron chi connectivity index (χ1n) is 3.96. The van der Waals surface area contributed by atoms with Gasteiger partial charge in [-0.05, 0) is 19.4 Å². The van der Waals surface area contributed by atoms with Crippen molar-refractivity contribution in [3.63, 3.8) is 0 Å². The lowest BCUT2D eigenvalue weighted by atomic mass is 10.3. The largest absolute Gasteiger partial charge is 0.465 e. The summed E-state index contributed by atoms with van der Waals surface area (Å²) < 4.78 is 4.49. The summed E-state index contributed by atoms with van der Waals surface area (Å²) in [5.41, 5.74) is -0.0570. The normalized spacial score (nSPS) is 12.9. The fraction of sp³-hybridized carbons (Fsp3) is 0.444. The number of nitriles is 1. The predicted molar refractivity (Wildman–Crippen MR) is 64.8 cm³/mol. The minimum absolute atomic E-state index is 0.0570. The van der Waals surface area contributed by atoms with Crippen molar-refractivity contribution in [3.05, 3.63) is 10.6 Å². The van der Waals surface area contributed by atoms with E-state index >= 15 is 0 Å². The number of nitrogens with zero attached hydrogens (tertiary/aromatic N) is 2. The van der Waals surface area contributed by atoms with Gasteiger partial charge in [0.15, 0.2) is 5.57 Å². The molecular formula is C9H12N2O2S2. The number of hydrogen-bond acceptors (Lipinski definition) is 6. The minimum atomic E-state index is -0.653. The molecule has 82 valence electrons. The number of aliphatic imine (C=N–C) groups is 1. The molecule has 0 aliphatic rings. The number of ether oxygens (including phenoxy) is 1. The third-order valence-electron chi connectivity index (χ3n) is 1.46. The maximum absolute atomic E-state index is 11.2. The molecule has 4 nitrogen and oxygen atoms in total. The van der Waals surface area contributed by atoms with Gasteiger partial charge in [0.25, 0.3) is 0 Å². The first-order chi connectivity index (χ1) is 7.10. The van der Waals surface area contributed by atoms with Crippen LogP contribution in [-0.4, -0.2) is 30.6 Å². The topological polar surface area (TPSA) is 62.5 Å². The zero-order valence-electron chi connectivity index (χ0n) is 9.03. The van der Waals surface area contributed by atoms with Crippen LogP contribution in [0.4, 0.5) is 0 Å². The molecule has 0 heterocycles. The third kappa shape index (κ3) is 4.40. The number of esters is 1. The van der Waals surface area contributed by atoms with Crippen LogP contribution in [-0.2, 0) is 9.53 Å². The van der Waals surface area contributed by atoms with Crippen LogP contribution in [0.1, 0.15) is 6.92 Å². The Morgan fingerprint density at radius 1 is 1.40 bits per heavy atom. The van der Waals surface area contributed by atoms with Gasteiger partial charge in [0.05, 0.1) is 12.2 Å². The second-order valence-corrected chi connectivity index (χ2v) is 4.12. The average molecular weight is 244 g/mol. The highest BCUT2D eigenvalue weighted by Crippen LogP contribution is 2.20. The fourth-order valence-electron chi connectivity index (χ4n) is 0.675. The van der Waals surface area contributed by atoms with Crippen molar-refractivity contribution in [3.8, 4) is 6.07 Å². The van der Waals surface area contributed by atoms with Gasteiger partial charge < -0.3 is 4.74 Å². The Morgan fingerprint density at radius 2 is 2.00 bits per heavy atom. The van der Waals surface area contributed by atoms with Crippen molar-refractivity contribution in [2.45, 2.75) is 6.92 Å². The molecule has 0 rings (SSSR count). The Hall–Kier alpha value is -0.930. The zero-order chi connectivity index (χ0) is 11.8. The van der Waals surface area contributed by atoms with Crippen molar-refractivity contribution in [1.29, 1.82) is 5.26 Å². The van der Waals surface area contributed by atoms with Crippen molar-refractivity contribution in [2.24, 2.45) is 4.99 Å². The molecular weight excluding hydrogens is 232 g/mol. The van der Waals surface area contributed by atoms with Crippen LogP contribution in [0.3, 0.4) is 0 Å². The molecule has 0 amide bonds. The van der Waals surface area contributed by atoms with Crippen molar-refractivity contribution < 1.29 is 9.53 Å². The molecule has 0 N–H and O–H groups in total. The van der Waals surface area contributed by atoms with Gasteiger partial charge in [-0.2, -0.15) is 5.26 Å². The Morgan fingerprint density at radius 3 is 2.33 bits per heavy atom. The monoisotopic (exact) mass is 244 g/mol. The maximum atomic E-state index is 11.2. The summed E-state index contributed by atoms with van der Waals surface area (Å²) >= 11 is 2.70. The van der Waals surface area contributed by atoms with E-state index in [0.717, 1.165) is 5.04 Å². The Balaban J connectivity index is 5.29. The molecule has 0 bridgehead atoms. The molecule has 0 aliphatic heterocycles. The molecule has 0 radical (unpaired) electrons. The van der Waals surface area contributed by atoms with E-state index < -0.39 is 5.97 Å². The first-order valence-corrected chi connectivity index (χ1v) is 6.41. The van der Waals surface area contributed by atoms with Gasteiger partial charge in [-0.1, -0.05) is 0 Å². The molecule has 6 heteroatoms. The molecule has 15 heavy (non-hydrogen) atoms. The minimum Gasteiger partial charge on any atom is -0.465 e. The van der Waals surface area contributed by atoms with Crippen LogP contribution >= 0.6 is 23.5 Å². The quantitative estimate of drug-likeness (QED) is 0.250. The summed E-state index contributed by atoms with van der Waals surface area (Å²) in [5.74, 6) is -0.653. The van der Waals surface area contributed by atoms with Crippen molar-refractivity contribution >= 4 is 34.5 Å². The van der Waals surface area contributed by atoms with E-state index in [-0.39, 0.29) is 5.57 Å². The average Bonchev–Trinajstić information content (AvgIpc) is 2.27. The van der Waals surface area contributed by atoms with E-state index in [1.807, 2.05) is 13.2 Å². The number of carbonyl (C=O) groups excluding carboxylic acids is 1.